The lowest BCUT2D eigenvalue weighted by Gasteiger charge is -2.20. The predicted molar refractivity (Wildman–Crippen MR) is 34.6 cm³/mol. The second-order valence-electron chi connectivity index (χ2n) is 2.61. The van der Waals surface area contributed by atoms with Crippen LogP contribution in [0.3, 0.4) is 0 Å². The van der Waals surface area contributed by atoms with Gasteiger partial charge in [0.25, 0.3) is 0 Å². The molecule has 0 fully saturated rings. The Morgan fingerprint density at radius 2 is 1.29 bits per heavy atom. The van der Waals surface area contributed by atoms with Crippen molar-refractivity contribution in [2.75, 3.05) is 27.7 Å². The average molecular weight is 106 g/mol. The fourth-order valence-electron chi connectivity index (χ4n) is 0. The van der Waals surface area contributed by atoms with Gasteiger partial charge in [0.05, 0.1) is 27.7 Å². The van der Waals surface area contributed by atoms with E-state index in [1.54, 1.807) is 0 Å². The summed E-state index contributed by atoms with van der Waals surface area (Å²) >= 11 is 0. The second-order valence-corrected chi connectivity index (χ2v) is 2.61. The third-order valence-corrected chi connectivity index (χ3v) is 0.949. The summed E-state index contributed by atoms with van der Waals surface area (Å²) in [5, 5.41) is 0. The number of rotatable bonds is 1. The average Bonchev–Trinajstić information content (AvgIpc) is 1.35. The summed E-state index contributed by atoms with van der Waals surface area (Å²) in [7, 11) is 6.54. The van der Waals surface area contributed by atoms with Gasteiger partial charge in [-0.25, -0.2) is 0 Å². The molecule has 0 unspecified atom stereocenters. The number of quaternary nitrogens is 2. The maximum atomic E-state index is 2.18. The molecule has 0 aromatic carbocycles. The van der Waals surface area contributed by atoms with Gasteiger partial charge in [0.15, 0.2) is 0 Å². The maximum Gasteiger partial charge on any atom is 0.0751 e. The van der Waals surface area contributed by atoms with E-state index < -0.39 is 0 Å². The predicted octanol–water partition coefficient (Wildman–Crippen LogP) is 1.09. The monoisotopic (exact) mass is 106 g/mol. The molecule has 46 valence electrons. The third kappa shape index (κ3) is 10.7. The summed E-state index contributed by atoms with van der Waals surface area (Å²) in [6.45, 7) is 3.39. The van der Waals surface area contributed by atoms with Crippen molar-refractivity contribution in [3.8, 4) is 0 Å². The van der Waals surface area contributed by atoms with Crippen LogP contribution < -0.4 is 6.15 Å². The van der Waals surface area contributed by atoms with Crippen LogP contribution in [0.4, 0.5) is 0 Å². The third-order valence-electron chi connectivity index (χ3n) is 0.949. The van der Waals surface area contributed by atoms with E-state index in [4.69, 9.17) is 0 Å². The van der Waals surface area contributed by atoms with E-state index in [1.165, 1.54) is 6.54 Å². The van der Waals surface area contributed by atoms with Crippen LogP contribution in [-0.4, -0.2) is 32.2 Å². The molecule has 2 heteroatoms. The van der Waals surface area contributed by atoms with E-state index in [0.717, 1.165) is 4.48 Å². The first-order valence-corrected chi connectivity index (χ1v) is 2.36. The highest BCUT2D eigenvalue weighted by atomic mass is 15.3. The van der Waals surface area contributed by atoms with E-state index >= 15 is 0 Å². The van der Waals surface area contributed by atoms with Gasteiger partial charge in [0.2, 0.25) is 0 Å². The zero-order valence-electron chi connectivity index (χ0n) is 6.15. The zero-order valence-corrected chi connectivity index (χ0v) is 6.15. The van der Waals surface area contributed by atoms with Gasteiger partial charge in [-0.1, -0.05) is 0 Å². The van der Waals surface area contributed by atoms with Crippen molar-refractivity contribution in [3.05, 3.63) is 0 Å². The van der Waals surface area contributed by atoms with Gasteiger partial charge < -0.3 is 10.6 Å². The molecule has 0 aliphatic heterocycles. The number of nitrogens with zero attached hydrogens (tertiary/aromatic N) is 1. The van der Waals surface area contributed by atoms with Gasteiger partial charge >= 0.3 is 0 Å². The summed E-state index contributed by atoms with van der Waals surface area (Å²) in [6.07, 6.45) is 0. The van der Waals surface area contributed by atoms with Gasteiger partial charge in [-0.2, -0.15) is 0 Å². The molecule has 4 N–H and O–H groups in total. The number of hydrogen-bond acceptors (Lipinski definition) is 0. The van der Waals surface area contributed by atoms with Crippen molar-refractivity contribution in [1.29, 1.82) is 0 Å². The van der Waals surface area contributed by atoms with Gasteiger partial charge in [-0.05, 0) is 6.92 Å². The number of hydrogen-bond donors (Lipinski definition) is 1. The van der Waals surface area contributed by atoms with Crippen molar-refractivity contribution < 1.29 is 4.48 Å². The van der Waals surface area contributed by atoms with Crippen LogP contribution in [0.15, 0.2) is 0 Å². The zero-order chi connectivity index (χ0) is 5.21. The molecule has 0 aromatic heterocycles. The van der Waals surface area contributed by atoms with Crippen LogP contribution in [0, 0.1) is 0 Å². The topological polar surface area (TPSA) is 36.5 Å². The lowest BCUT2D eigenvalue weighted by Crippen LogP contribution is -2.33. The van der Waals surface area contributed by atoms with Crippen molar-refractivity contribution in [3.63, 3.8) is 0 Å². The lowest BCUT2D eigenvalue weighted by atomic mass is 10.6. The standard InChI is InChI=1S/C5H14N.H3N/c1-5-6(2,3)4;/h5H2,1-4H3;1H3/q+1;/p+1. The lowest BCUT2D eigenvalue weighted by molar-refractivity contribution is -0.868. The van der Waals surface area contributed by atoms with Crippen molar-refractivity contribution in [2.45, 2.75) is 6.92 Å². The van der Waals surface area contributed by atoms with Gasteiger partial charge in [0.1, 0.15) is 0 Å². The first-order chi connectivity index (χ1) is 2.56. The molecule has 0 radical (unpaired) electrons. The normalized spacial score (nSPS) is 10.3. The largest absolute Gasteiger partial charge is 0.369 e. The van der Waals surface area contributed by atoms with Crippen LogP contribution in [0.5, 0.6) is 0 Å². The molecule has 0 spiro atoms. The Labute approximate surface area is 46.3 Å². The molecule has 0 saturated heterocycles. The van der Waals surface area contributed by atoms with E-state index in [-0.39, 0.29) is 6.15 Å². The molecule has 0 rings (SSSR count). The first kappa shape index (κ1) is 10.0. The summed E-state index contributed by atoms with van der Waals surface area (Å²) in [6, 6.07) is 0. The maximum absolute atomic E-state index is 2.18. The van der Waals surface area contributed by atoms with E-state index in [2.05, 4.69) is 28.1 Å². The molecular formula is C5H18N2+2. The van der Waals surface area contributed by atoms with Crippen LogP contribution in [0.2, 0.25) is 0 Å². The molecule has 0 bridgehead atoms. The smallest absolute Gasteiger partial charge is 0.0751 e. The molecule has 0 saturated carbocycles. The molecule has 0 aliphatic carbocycles. The van der Waals surface area contributed by atoms with Crippen LogP contribution in [0.1, 0.15) is 6.92 Å². The van der Waals surface area contributed by atoms with E-state index in [1.807, 2.05) is 0 Å². The van der Waals surface area contributed by atoms with E-state index in [0.29, 0.717) is 0 Å². The van der Waals surface area contributed by atoms with Crippen LogP contribution in [-0.2, 0) is 0 Å². The van der Waals surface area contributed by atoms with Gasteiger partial charge in [-0.3, -0.25) is 0 Å². The molecular weight excluding hydrogens is 88.1 g/mol. The second kappa shape index (κ2) is 2.99. The SMILES string of the molecule is CC[N+](C)(C)C.[NH4+]. The van der Waals surface area contributed by atoms with Crippen LogP contribution >= 0.6 is 0 Å². The molecule has 0 amide bonds. The van der Waals surface area contributed by atoms with E-state index in [9.17, 15) is 0 Å². The molecule has 0 aliphatic rings. The van der Waals surface area contributed by atoms with Gasteiger partial charge in [0, 0.05) is 0 Å². The minimum Gasteiger partial charge on any atom is -0.369 e. The Morgan fingerprint density at radius 1 is 1.14 bits per heavy atom. The Hall–Kier alpha value is -0.0800. The Balaban J connectivity index is 0. The Morgan fingerprint density at radius 3 is 1.29 bits per heavy atom. The highest BCUT2D eigenvalue weighted by Gasteiger charge is 1.97. The summed E-state index contributed by atoms with van der Waals surface area (Å²) in [5.74, 6) is 0. The highest BCUT2D eigenvalue weighted by Crippen LogP contribution is 1.83. The minimum atomic E-state index is 0. The molecule has 2 nitrogen and oxygen atoms in total. The van der Waals surface area contributed by atoms with Crippen molar-refractivity contribution in [1.82, 2.24) is 6.15 Å². The summed E-state index contributed by atoms with van der Waals surface area (Å²) in [5.41, 5.74) is 0. The molecule has 0 atom stereocenters. The summed E-state index contributed by atoms with van der Waals surface area (Å²) in [4.78, 5) is 0. The molecule has 7 heavy (non-hydrogen) atoms. The fourth-order valence-corrected chi connectivity index (χ4v) is 0. The van der Waals surface area contributed by atoms with Gasteiger partial charge in [-0.15, -0.1) is 0 Å². The summed E-state index contributed by atoms with van der Waals surface area (Å²) < 4.78 is 1.07. The fraction of sp³-hybridized carbons (Fsp3) is 1.00. The molecule has 0 heterocycles. The highest BCUT2D eigenvalue weighted by molar-refractivity contribution is 4.06. The quantitative estimate of drug-likeness (QED) is 0.486. The Kier molecular flexibility index (Phi) is 4.28. The van der Waals surface area contributed by atoms with Crippen molar-refractivity contribution >= 4 is 0 Å². The first-order valence-electron chi connectivity index (χ1n) is 2.36. The Bertz CT molecular complexity index is 35.8. The van der Waals surface area contributed by atoms with Crippen molar-refractivity contribution in [2.24, 2.45) is 0 Å². The molecule has 0 aromatic rings. The minimum absolute atomic E-state index is 0. The van der Waals surface area contributed by atoms with Crippen LogP contribution in [0.25, 0.3) is 0 Å².